The third-order valence-electron chi connectivity index (χ3n) is 2.93. The maximum atomic E-state index is 8.83. The fourth-order valence-corrected chi connectivity index (χ4v) is 1.98. The van der Waals surface area contributed by atoms with E-state index < -0.39 is 0 Å². The van der Waals surface area contributed by atoms with Crippen LogP contribution in [0.3, 0.4) is 0 Å². The van der Waals surface area contributed by atoms with Crippen LogP contribution in [0.15, 0.2) is 67.0 Å². The smallest absolute Gasteiger partial charge is 0.102 e. The second-order valence-electron chi connectivity index (χ2n) is 4.20. The highest BCUT2D eigenvalue weighted by Crippen LogP contribution is 2.21. The number of rotatable bonds is 2. The first kappa shape index (κ1) is 11.2. The van der Waals surface area contributed by atoms with E-state index in [1.165, 1.54) is 0 Å². The minimum atomic E-state index is 0.560. The highest BCUT2D eigenvalue weighted by atomic mass is 15.3. The topological polar surface area (TPSA) is 41.6 Å². The van der Waals surface area contributed by atoms with E-state index in [0.717, 1.165) is 16.8 Å². The minimum absolute atomic E-state index is 0.560. The van der Waals surface area contributed by atoms with Gasteiger partial charge in [-0.2, -0.15) is 10.4 Å². The lowest BCUT2D eigenvalue weighted by molar-refractivity contribution is 0.881. The van der Waals surface area contributed by atoms with Crippen molar-refractivity contribution in [3.8, 4) is 22.9 Å². The fraction of sp³-hybridized carbons (Fsp3) is 0. The molecule has 1 aromatic heterocycles. The summed E-state index contributed by atoms with van der Waals surface area (Å²) in [4.78, 5) is 0. The van der Waals surface area contributed by atoms with Crippen molar-refractivity contribution in [3.05, 3.63) is 72.6 Å². The van der Waals surface area contributed by atoms with Crippen molar-refractivity contribution >= 4 is 0 Å². The highest BCUT2D eigenvalue weighted by Gasteiger charge is 2.02. The first-order chi connectivity index (χ1) is 9.36. The van der Waals surface area contributed by atoms with Gasteiger partial charge in [-0.15, -0.1) is 0 Å². The average molecular weight is 245 g/mol. The third kappa shape index (κ3) is 2.24. The molecule has 0 saturated heterocycles. The monoisotopic (exact) mass is 245 g/mol. The lowest BCUT2D eigenvalue weighted by Gasteiger charge is -2.05. The Labute approximate surface area is 111 Å². The molecule has 0 N–H and O–H groups in total. The molecule has 0 spiro atoms. The molecule has 0 amide bonds. The van der Waals surface area contributed by atoms with Crippen molar-refractivity contribution in [2.24, 2.45) is 0 Å². The molecule has 0 unspecified atom stereocenters. The Morgan fingerprint density at radius 2 is 1.74 bits per heavy atom. The molecule has 3 aromatic rings. The molecule has 90 valence electrons. The van der Waals surface area contributed by atoms with Gasteiger partial charge in [-0.25, -0.2) is 4.68 Å². The van der Waals surface area contributed by atoms with E-state index in [9.17, 15) is 0 Å². The van der Waals surface area contributed by atoms with Gasteiger partial charge in [0.2, 0.25) is 0 Å². The van der Waals surface area contributed by atoms with Gasteiger partial charge < -0.3 is 0 Å². The average Bonchev–Trinajstić information content (AvgIpc) is 2.97. The van der Waals surface area contributed by atoms with Gasteiger partial charge in [-0.1, -0.05) is 42.5 Å². The summed E-state index contributed by atoms with van der Waals surface area (Å²) in [5.74, 6) is 0. The summed E-state index contributed by atoms with van der Waals surface area (Å²) < 4.78 is 1.71. The molecule has 3 heteroatoms. The Morgan fingerprint density at radius 3 is 2.47 bits per heavy atom. The van der Waals surface area contributed by atoms with Crippen LogP contribution in [-0.2, 0) is 0 Å². The zero-order chi connectivity index (χ0) is 13.1. The first-order valence-corrected chi connectivity index (χ1v) is 5.97. The van der Waals surface area contributed by atoms with Crippen LogP contribution in [0.5, 0.6) is 0 Å². The molecule has 0 fully saturated rings. The number of hydrogen-bond donors (Lipinski definition) is 0. The normalized spacial score (nSPS) is 10.1. The molecule has 0 saturated carbocycles. The van der Waals surface area contributed by atoms with Gasteiger partial charge in [0.25, 0.3) is 0 Å². The van der Waals surface area contributed by atoms with Crippen LogP contribution in [0.1, 0.15) is 5.56 Å². The van der Waals surface area contributed by atoms with E-state index in [2.05, 4.69) is 35.4 Å². The quantitative estimate of drug-likeness (QED) is 0.694. The summed E-state index contributed by atoms with van der Waals surface area (Å²) in [5.41, 5.74) is 3.80. The van der Waals surface area contributed by atoms with E-state index in [-0.39, 0.29) is 0 Å². The van der Waals surface area contributed by atoms with Crippen LogP contribution in [0, 0.1) is 11.3 Å². The molecule has 0 aliphatic carbocycles. The molecule has 19 heavy (non-hydrogen) atoms. The van der Waals surface area contributed by atoms with Crippen LogP contribution in [0.2, 0.25) is 0 Å². The molecule has 2 aromatic carbocycles. The Hall–Kier alpha value is -2.86. The van der Waals surface area contributed by atoms with E-state index in [0.29, 0.717) is 5.56 Å². The van der Waals surface area contributed by atoms with Gasteiger partial charge in [0.15, 0.2) is 0 Å². The van der Waals surface area contributed by atoms with Crippen LogP contribution in [0.25, 0.3) is 16.8 Å². The van der Waals surface area contributed by atoms with Crippen molar-refractivity contribution in [1.82, 2.24) is 9.78 Å². The SMILES string of the molecule is N#Cc1cnn(-c2cccc(-c3ccccc3)c2)c1. The Morgan fingerprint density at radius 1 is 0.947 bits per heavy atom. The van der Waals surface area contributed by atoms with Gasteiger partial charge in [0.05, 0.1) is 17.4 Å². The Bertz CT molecular complexity index is 736. The lowest BCUT2D eigenvalue weighted by atomic mass is 10.1. The van der Waals surface area contributed by atoms with E-state index in [4.69, 9.17) is 5.26 Å². The molecular weight excluding hydrogens is 234 g/mol. The summed E-state index contributed by atoms with van der Waals surface area (Å²) in [7, 11) is 0. The maximum Gasteiger partial charge on any atom is 0.102 e. The molecule has 0 aliphatic heterocycles. The largest absolute Gasteiger partial charge is 0.240 e. The van der Waals surface area contributed by atoms with E-state index in [1.807, 2.05) is 30.3 Å². The summed E-state index contributed by atoms with van der Waals surface area (Å²) in [6, 6.07) is 20.3. The second-order valence-corrected chi connectivity index (χ2v) is 4.20. The predicted molar refractivity (Wildman–Crippen MR) is 73.7 cm³/mol. The molecule has 3 nitrogen and oxygen atoms in total. The van der Waals surface area contributed by atoms with Crippen LogP contribution in [-0.4, -0.2) is 9.78 Å². The van der Waals surface area contributed by atoms with Crippen LogP contribution >= 0.6 is 0 Å². The van der Waals surface area contributed by atoms with Crippen LogP contribution < -0.4 is 0 Å². The third-order valence-corrected chi connectivity index (χ3v) is 2.93. The summed E-state index contributed by atoms with van der Waals surface area (Å²) in [5, 5.41) is 13.0. The summed E-state index contributed by atoms with van der Waals surface area (Å²) in [6.07, 6.45) is 3.29. The van der Waals surface area contributed by atoms with Gasteiger partial charge in [0, 0.05) is 6.20 Å². The van der Waals surface area contributed by atoms with E-state index in [1.54, 1.807) is 17.1 Å². The molecule has 1 heterocycles. The molecule has 0 aliphatic rings. The van der Waals surface area contributed by atoms with Crippen molar-refractivity contribution in [2.45, 2.75) is 0 Å². The van der Waals surface area contributed by atoms with Crippen LogP contribution in [0.4, 0.5) is 0 Å². The first-order valence-electron chi connectivity index (χ1n) is 5.97. The summed E-state index contributed by atoms with van der Waals surface area (Å²) >= 11 is 0. The molecule has 0 radical (unpaired) electrons. The standard InChI is InChI=1S/C16H11N3/c17-10-13-11-18-19(12-13)16-8-4-7-15(9-16)14-5-2-1-3-6-14/h1-9,11-12H. The van der Waals surface area contributed by atoms with Gasteiger partial charge in [0.1, 0.15) is 6.07 Å². The van der Waals surface area contributed by atoms with Crippen molar-refractivity contribution < 1.29 is 0 Å². The number of nitriles is 1. The molecule has 0 atom stereocenters. The van der Waals surface area contributed by atoms with E-state index >= 15 is 0 Å². The van der Waals surface area contributed by atoms with Gasteiger partial charge in [-0.3, -0.25) is 0 Å². The summed E-state index contributed by atoms with van der Waals surface area (Å²) in [6.45, 7) is 0. The van der Waals surface area contributed by atoms with Crippen molar-refractivity contribution in [2.75, 3.05) is 0 Å². The predicted octanol–water partition coefficient (Wildman–Crippen LogP) is 3.41. The molecule has 3 rings (SSSR count). The minimum Gasteiger partial charge on any atom is -0.240 e. The number of nitrogens with zero attached hydrogens (tertiary/aromatic N) is 3. The zero-order valence-electron chi connectivity index (χ0n) is 10.2. The van der Waals surface area contributed by atoms with Gasteiger partial charge in [-0.05, 0) is 23.3 Å². The molecular formula is C16H11N3. The maximum absolute atomic E-state index is 8.83. The fourth-order valence-electron chi connectivity index (χ4n) is 1.98. The molecule has 0 bridgehead atoms. The van der Waals surface area contributed by atoms with Gasteiger partial charge >= 0.3 is 0 Å². The highest BCUT2D eigenvalue weighted by molar-refractivity contribution is 5.65. The number of hydrogen-bond acceptors (Lipinski definition) is 2. The lowest BCUT2D eigenvalue weighted by Crippen LogP contribution is -1.94. The number of benzene rings is 2. The Kier molecular flexibility index (Phi) is 2.83. The van der Waals surface area contributed by atoms with Crippen molar-refractivity contribution in [1.29, 1.82) is 5.26 Å². The zero-order valence-corrected chi connectivity index (χ0v) is 10.2. The van der Waals surface area contributed by atoms with Crippen molar-refractivity contribution in [3.63, 3.8) is 0 Å². The number of aromatic nitrogens is 2. The second kappa shape index (κ2) is 4.79. The Balaban J connectivity index is 2.03.